The van der Waals surface area contributed by atoms with Crippen LogP contribution >= 0.6 is 0 Å². The first kappa shape index (κ1) is 17.4. The molecule has 1 aromatic heterocycles. The molecule has 0 radical (unpaired) electrons. The summed E-state index contributed by atoms with van der Waals surface area (Å²) >= 11 is 0. The first-order valence-corrected chi connectivity index (χ1v) is 9.09. The number of benzene rings is 1. The van der Waals surface area contributed by atoms with Crippen molar-refractivity contribution in [3.63, 3.8) is 0 Å². The molecule has 4 rings (SSSR count). The van der Waals surface area contributed by atoms with E-state index in [2.05, 4.69) is 34.5 Å². The van der Waals surface area contributed by atoms with Crippen LogP contribution in [0.25, 0.3) is 10.9 Å². The van der Waals surface area contributed by atoms with Crippen molar-refractivity contribution in [2.45, 2.75) is 6.54 Å². The molecular weight excluding hydrogens is 330 g/mol. The lowest BCUT2D eigenvalue weighted by molar-refractivity contribution is -0.125. The predicted molar refractivity (Wildman–Crippen MR) is 98.6 cm³/mol. The van der Waals surface area contributed by atoms with Gasteiger partial charge in [0.15, 0.2) is 0 Å². The minimum absolute atomic E-state index is 0.000248. The van der Waals surface area contributed by atoms with E-state index >= 15 is 0 Å². The van der Waals surface area contributed by atoms with Crippen molar-refractivity contribution in [1.82, 2.24) is 15.2 Å². The molecule has 0 unspecified atom stereocenters. The van der Waals surface area contributed by atoms with Crippen LogP contribution in [-0.4, -0.2) is 62.4 Å². The Hall–Kier alpha value is -2.02. The van der Waals surface area contributed by atoms with E-state index in [9.17, 15) is 4.79 Å². The molecule has 6 nitrogen and oxygen atoms in total. The van der Waals surface area contributed by atoms with Crippen molar-refractivity contribution in [3.05, 3.63) is 42.1 Å². The SMILES string of the molecule is COCC(=O)NC[C@@]12COC[C@@H]1CN(Cc1ccc3ccccc3n1)C2. The second kappa shape index (κ2) is 7.31. The average molecular weight is 355 g/mol. The van der Waals surface area contributed by atoms with Crippen LogP contribution in [0.3, 0.4) is 0 Å². The summed E-state index contributed by atoms with van der Waals surface area (Å²) in [4.78, 5) is 19.0. The first-order valence-electron chi connectivity index (χ1n) is 9.09. The Morgan fingerprint density at radius 2 is 2.27 bits per heavy atom. The molecular formula is C20H25N3O3. The minimum Gasteiger partial charge on any atom is -0.380 e. The fourth-order valence-electron chi connectivity index (χ4n) is 4.20. The number of fused-ring (bicyclic) bond motifs is 2. The van der Waals surface area contributed by atoms with Crippen molar-refractivity contribution in [3.8, 4) is 0 Å². The molecule has 0 bridgehead atoms. The number of amides is 1. The van der Waals surface area contributed by atoms with Crippen LogP contribution in [0.5, 0.6) is 0 Å². The largest absolute Gasteiger partial charge is 0.380 e. The molecule has 0 aliphatic carbocycles. The number of pyridine rings is 1. The molecule has 3 heterocycles. The number of methoxy groups -OCH3 is 1. The maximum absolute atomic E-state index is 11.8. The summed E-state index contributed by atoms with van der Waals surface area (Å²) in [7, 11) is 1.53. The van der Waals surface area contributed by atoms with Crippen LogP contribution in [0.15, 0.2) is 36.4 Å². The Morgan fingerprint density at radius 1 is 1.38 bits per heavy atom. The molecule has 2 saturated heterocycles. The quantitative estimate of drug-likeness (QED) is 0.850. The fourth-order valence-corrected chi connectivity index (χ4v) is 4.20. The number of para-hydroxylation sites is 1. The number of likely N-dealkylation sites (tertiary alicyclic amines) is 1. The highest BCUT2D eigenvalue weighted by Crippen LogP contribution is 2.41. The number of ether oxygens (including phenoxy) is 2. The zero-order chi connectivity index (χ0) is 18.0. The van der Waals surface area contributed by atoms with Crippen molar-refractivity contribution >= 4 is 16.8 Å². The van der Waals surface area contributed by atoms with E-state index in [4.69, 9.17) is 14.5 Å². The van der Waals surface area contributed by atoms with E-state index < -0.39 is 0 Å². The number of nitrogens with one attached hydrogen (secondary N) is 1. The molecule has 2 fully saturated rings. The van der Waals surface area contributed by atoms with E-state index in [0.29, 0.717) is 19.1 Å². The summed E-state index contributed by atoms with van der Waals surface area (Å²) < 4.78 is 10.6. The Balaban J connectivity index is 1.43. The molecule has 2 aliphatic rings. The zero-order valence-corrected chi connectivity index (χ0v) is 15.1. The highest BCUT2D eigenvalue weighted by atomic mass is 16.5. The third kappa shape index (κ3) is 3.45. The zero-order valence-electron chi connectivity index (χ0n) is 15.1. The van der Waals surface area contributed by atoms with Crippen molar-refractivity contribution in [2.24, 2.45) is 11.3 Å². The molecule has 6 heteroatoms. The van der Waals surface area contributed by atoms with Crippen molar-refractivity contribution in [1.29, 1.82) is 0 Å². The summed E-state index contributed by atoms with van der Waals surface area (Å²) in [5.41, 5.74) is 2.12. The molecule has 0 saturated carbocycles. The van der Waals surface area contributed by atoms with Gasteiger partial charge >= 0.3 is 0 Å². The molecule has 1 N–H and O–H groups in total. The van der Waals surface area contributed by atoms with Crippen molar-refractivity contribution in [2.75, 3.05) is 46.6 Å². The molecule has 26 heavy (non-hydrogen) atoms. The maximum atomic E-state index is 11.8. The van der Waals surface area contributed by atoms with Gasteiger partial charge in [-0.3, -0.25) is 14.7 Å². The third-order valence-electron chi connectivity index (χ3n) is 5.55. The summed E-state index contributed by atoms with van der Waals surface area (Å²) in [6.45, 7) is 4.94. The summed E-state index contributed by atoms with van der Waals surface area (Å²) in [6.07, 6.45) is 0. The van der Waals surface area contributed by atoms with Gasteiger partial charge in [-0.2, -0.15) is 0 Å². The van der Waals surface area contributed by atoms with Crippen LogP contribution in [0, 0.1) is 11.3 Å². The van der Waals surface area contributed by atoms with Crippen molar-refractivity contribution < 1.29 is 14.3 Å². The fraction of sp³-hybridized carbons (Fsp3) is 0.500. The van der Waals surface area contributed by atoms with Gasteiger partial charge in [-0.15, -0.1) is 0 Å². The Kier molecular flexibility index (Phi) is 4.89. The average Bonchev–Trinajstić information content (AvgIpc) is 3.17. The predicted octanol–water partition coefficient (Wildman–Crippen LogP) is 1.45. The molecule has 2 aliphatic heterocycles. The summed E-state index contributed by atoms with van der Waals surface area (Å²) in [5.74, 6) is 0.382. The number of hydrogen-bond donors (Lipinski definition) is 1. The molecule has 2 aromatic rings. The normalized spacial score (nSPS) is 25.5. The first-order chi connectivity index (χ1) is 12.7. The number of hydrogen-bond acceptors (Lipinski definition) is 5. The Morgan fingerprint density at radius 3 is 3.15 bits per heavy atom. The van der Waals surface area contributed by atoms with E-state index in [1.807, 2.05) is 12.1 Å². The van der Waals surface area contributed by atoms with E-state index in [1.165, 1.54) is 12.5 Å². The lowest BCUT2D eigenvalue weighted by Crippen LogP contribution is -2.44. The standard InChI is InChI=1S/C20H25N3O3/c1-25-11-19(24)21-12-20-13-23(8-16(20)10-26-14-20)9-17-7-6-15-4-2-3-5-18(15)22-17/h2-7,16H,8-14H2,1H3,(H,21,24)/t16-,20+/m0/s1. The summed E-state index contributed by atoms with van der Waals surface area (Å²) in [5, 5.41) is 4.18. The van der Waals surface area contributed by atoms with Gasteiger partial charge in [0, 0.05) is 50.0 Å². The number of nitrogens with zero attached hydrogens (tertiary/aromatic N) is 2. The van der Waals surface area contributed by atoms with E-state index in [0.717, 1.165) is 37.5 Å². The summed E-state index contributed by atoms with van der Waals surface area (Å²) in [6, 6.07) is 12.4. The monoisotopic (exact) mass is 355 g/mol. The van der Waals surface area contributed by atoms with Gasteiger partial charge in [-0.25, -0.2) is 0 Å². The number of rotatable bonds is 6. The van der Waals surface area contributed by atoms with Crippen LogP contribution in [-0.2, 0) is 20.8 Å². The lowest BCUT2D eigenvalue weighted by Gasteiger charge is -2.27. The van der Waals surface area contributed by atoms with Gasteiger partial charge in [0.1, 0.15) is 6.61 Å². The van der Waals surface area contributed by atoms with Gasteiger partial charge in [0.2, 0.25) is 5.91 Å². The third-order valence-corrected chi connectivity index (χ3v) is 5.55. The van der Waals surface area contributed by atoms with Gasteiger partial charge < -0.3 is 14.8 Å². The van der Waals surface area contributed by atoms with Crippen LogP contribution in [0.1, 0.15) is 5.69 Å². The van der Waals surface area contributed by atoms with Gasteiger partial charge in [-0.1, -0.05) is 24.3 Å². The highest BCUT2D eigenvalue weighted by molar-refractivity contribution is 5.78. The lowest BCUT2D eigenvalue weighted by atomic mass is 9.81. The molecule has 0 spiro atoms. The van der Waals surface area contributed by atoms with E-state index in [1.54, 1.807) is 0 Å². The molecule has 138 valence electrons. The smallest absolute Gasteiger partial charge is 0.246 e. The highest BCUT2D eigenvalue weighted by Gasteiger charge is 2.50. The van der Waals surface area contributed by atoms with Crippen LogP contribution in [0.2, 0.25) is 0 Å². The van der Waals surface area contributed by atoms with Crippen LogP contribution in [0.4, 0.5) is 0 Å². The molecule has 2 atom stereocenters. The Labute approximate surface area is 153 Å². The number of carbonyl (C=O) groups is 1. The topological polar surface area (TPSA) is 63.7 Å². The second-order valence-corrected chi connectivity index (χ2v) is 7.45. The maximum Gasteiger partial charge on any atom is 0.246 e. The minimum atomic E-state index is -0.0674. The van der Waals surface area contributed by atoms with Gasteiger partial charge in [0.25, 0.3) is 0 Å². The van der Waals surface area contributed by atoms with Crippen LogP contribution < -0.4 is 5.32 Å². The molecule has 1 amide bonds. The molecule has 1 aromatic carbocycles. The number of carbonyl (C=O) groups excluding carboxylic acids is 1. The van der Waals surface area contributed by atoms with Gasteiger partial charge in [0.05, 0.1) is 24.4 Å². The Bertz CT molecular complexity index is 797. The number of aromatic nitrogens is 1. The van der Waals surface area contributed by atoms with Gasteiger partial charge in [-0.05, 0) is 12.1 Å². The second-order valence-electron chi connectivity index (χ2n) is 7.45. The van der Waals surface area contributed by atoms with E-state index in [-0.39, 0.29) is 17.9 Å².